The Morgan fingerprint density at radius 2 is 0.956 bits per heavy atom. The maximum Gasteiger partial charge on any atom is 0.338 e. The minimum absolute atomic E-state index is 0.361. The fraction of sp³-hybridized carbons (Fsp3) is 0.429. The van der Waals surface area contributed by atoms with Gasteiger partial charge in [-0.05, 0) is 55.0 Å². The number of methoxy groups -OCH3 is 2. The fourth-order valence-electron chi connectivity index (χ4n) is 5.61. The lowest BCUT2D eigenvalue weighted by Gasteiger charge is -2.22. The summed E-state index contributed by atoms with van der Waals surface area (Å²) in [5.74, 6) is -0.486. The van der Waals surface area contributed by atoms with E-state index in [-0.39, 0.29) is 0 Å². The average Bonchev–Trinajstić information content (AvgIpc) is 3.31. The first-order chi connectivity index (χ1) is 21.6. The van der Waals surface area contributed by atoms with Crippen LogP contribution in [0.3, 0.4) is 0 Å². The molecule has 0 amide bonds. The van der Waals surface area contributed by atoms with Gasteiger partial charge in [0.1, 0.15) is 35.9 Å². The summed E-state index contributed by atoms with van der Waals surface area (Å²) in [7, 11) is 3.10. The Hall–Kier alpha value is -4.60. The van der Waals surface area contributed by atoms with Crippen LogP contribution < -0.4 is 9.47 Å². The Bertz CT molecular complexity index is 1300. The van der Waals surface area contributed by atoms with E-state index >= 15 is 0 Å². The molecule has 4 atom stereocenters. The van der Waals surface area contributed by atoms with E-state index in [1.807, 2.05) is 12.2 Å². The maximum absolute atomic E-state index is 12.9. The van der Waals surface area contributed by atoms with Gasteiger partial charge in [0.05, 0.1) is 25.3 Å². The van der Waals surface area contributed by atoms with Gasteiger partial charge in [-0.1, -0.05) is 23.3 Å². The SMILES string of the molecule is COc1ccc(C(=O)O[C@@H]2CC=C(CC3=CC[C@H](OC(=O)c4ccc(OC)cc4)C[C@H](OC(C)=O)C3)C[C@H](OC(C)=O)C2)cc1. The molecule has 0 radical (unpaired) electrons. The lowest BCUT2D eigenvalue weighted by atomic mass is 9.96. The number of esters is 4. The lowest BCUT2D eigenvalue weighted by Crippen LogP contribution is -2.26. The zero-order chi connectivity index (χ0) is 32.3. The Balaban J connectivity index is 1.46. The van der Waals surface area contributed by atoms with Crippen LogP contribution in [0.25, 0.3) is 0 Å². The first-order valence-corrected chi connectivity index (χ1v) is 15.0. The normalized spacial score (nSPS) is 21.5. The van der Waals surface area contributed by atoms with Crippen LogP contribution in [0.4, 0.5) is 0 Å². The van der Waals surface area contributed by atoms with Crippen molar-refractivity contribution in [1.82, 2.24) is 0 Å². The van der Waals surface area contributed by atoms with Crippen LogP contribution in [0.15, 0.2) is 71.8 Å². The predicted octanol–water partition coefficient (Wildman–Crippen LogP) is 5.93. The second-order valence-corrected chi connectivity index (χ2v) is 11.2. The molecule has 0 aromatic heterocycles. The van der Waals surface area contributed by atoms with Gasteiger partial charge in [0.25, 0.3) is 0 Å². The van der Waals surface area contributed by atoms with Gasteiger partial charge in [-0.25, -0.2) is 9.59 Å². The van der Waals surface area contributed by atoms with Gasteiger partial charge in [0.2, 0.25) is 0 Å². The summed E-state index contributed by atoms with van der Waals surface area (Å²) in [5, 5.41) is 0. The number of carbonyl (C=O) groups is 4. The summed E-state index contributed by atoms with van der Waals surface area (Å²) < 4.78 is 33.2. The Kier molecular flexibility index (Phi) is 11.8. The number of carbonyl (C=O) groups excluding carboxylic acids is 4. The molecule has 0 unspecified atom stereocenters. The fourth-order valence-corrected chi connectivity index (χ4v) is 5.61. The zero-order valence-corrected chi connectivity index (χ0v) is 26.1. The van der Waals surface area contributed by atoms with Gasteiger partial charge in [0, 0.05) is 52.4 Å². The second-order valence-electron chi connectivity index (χ2n) is 11.2. The summed E-state index contributed by atoms with van der Waals surface area (Å²) in [6, 6.07) is 13.3. The van der Waals surface area contributed by atoms with E-state index < -0.39 is 48.3 Å². The molecule has 0 N–H and O–H groups in total. The van der Waals surface area contributed by atoms with Crippen LogP contribution in [0, 0.1) is 0 Å². The molecule has 0 aliphatic heterocycles. The molecule has 0 bridgehead atoms. The molecule has 0 saturated heterocycles. The molecule has 4 rings (SSSR count). The highest BCUT2D eigenvalue weighted by molar-refractivity contribution is 5.90. The molecular formula is C35H40O10. The minimum atomic E-state index is -0.486. The van der Waals surface area contributed by atoms with Crippen LogP contribution >= 0.6 is 0 Å². The van der Waals surface area contributed by atoms with Gasteiger partial charge < -0.3 is 28.4 Å². The molecule has 2 aliphatic rings. The van der Waals surface area contributed by atoms with Gasteiger partial charge >= 0.3 is 23.9 Å². The van der Waals surface area contributed by atoms with Crippen molar-refractivity contribution in [2.45, 2.75) is 83.2 Å². The number of hydrogen-bond donors (Lipinski definition) is 0. The molecule has 2 aromatic rings. The summed E-state index contributed by atoms with van der Waals surface area (Å²) in [5.41, 5.74) is 2.84. The van der Waals surface area contributed by atoms with Crippen LogP contribution in [0.5, 0.6) is 11.5 Å². The van der Waals surface area contributed by atoms with Crippen molar-refractivity contribution in [3.8, 4) is 11.5 Å². The topological polar surface area (TPSA) is 124 Å². The van der Waals surface area contributed by atoms with E-state index in [1.165, 1.54) is 13.8 Å². The molecule has 0 fully saturated rings. The van der Waals surface area contributed by atoms with Gasteiger partial charge in [-0.15, -0.1) is 0 Å². The molecule has 45 heavy (non-hydrogen) atoms. The second kappa shape index (κ2) is 15.9. The lowest BCUT2D eigenvalue weighted by molar-refractivity contribution is -0.148. The number of rotatable bonds is 10. The van der Waals surface area contributed by atoms with Crippen molar-refractivity contribution in [3.05, 3.63) is 83.0 Å². The molecule has 0 saturated carbocycles. The van der Waals surface area contributed by atoms with Gasteiger partial charge in [0.15, 0.2) is 0 Å². The highest BCUT2D eigenvalue weighted by atomic mass is 16.6. The molecule has 2 aromatic carbocycles. The summed E-state index contributed by atoms with van der Waals surface area (Å²) in [4.78, 5) is 49.5. The smallest absolute Gasteiger partial charge is 0.338 e. The molecular weight excluding hydrogens is 580 g/mol. The predicted molar refractivity (Wildman–Crippen MR) is 164 cm³/mol. The Morgan fingerprint density at radius 3 is 1.29 bits per heavy atom. The van der Waals surface area contributed by atoms with E-state index in [0.29, 0.717) is 67.6 Å². The van der Waals surface area contributed by atoms with E-state index in [9.17, 15) is 19.2 Å². The highest BCUT2D eigenvalue weighted by Gasteiger charge is 2.29. The quantitative estimate of drug-likeness (QED) is 0.179. The van der Waals surface area contributed by atoms with Crippen molar-refractivity contribution < 1.29 is 47.6 Å². The largest absolute Gasteiger partial charge is 0.497 e. The van der Waals surface area contributed by atoms with Crippen LogP contribution in [-0.2, 0) is 28.5 Å². The van der Waals surface area contributed by atoms with Crippen LogP contribution in [0.2, 0.25) is 0 Å². The van der Waals surface area contributed by atoms with Crippen molar-refractivity contribution in [3.63, 3.8) is 0 Å². The number of hydrogen-bond acceptors (Lipinski definition) is 10. The van der Waals surface area contributed by atoms with Crippen LogP contribution in [0.1, 0.15) is 79.5 Å². The number of benzene rings is 2. The summed E-state index contributed by atoms with van der Waals surface area (Å²) in [6.07, 6.45) is 5.27. The van der Waals surface area contributed by atoms with Gasteiger partial charge in [-0.2, -0.15) is 0 Å². The molecule has 10 heteroatoms. The minimum Gasteiger partial charge on any atom is -0.497 e. The zero-order valence-electron chi connectivity index (χ0n) is 26.1. The maximum atomic E-state index is 12.9. The monoisotopic (exact) mass is 620 g/mol. The highest BCUT2D eigenvalue weighted by Crippen LogP contribution is 2.32. The average molecular weight is 621 g/mol. The van der Waals surface area contributed by atoms with Crippen molar-refractivity contribution in [2.24, 2.45) is 0 Å². The Labute approximate surface area is 263 Å². The standard InChI is InChI=1S/C35H40O10/c1-22(36)42-32-18-24(5-11-30(20-32)44-34(38)26-7-13-28(40-3)14-8-26)17-25-6-12-31(21-33(19-25)43-23(2)37)45-35(39)27-9-15-29(41-4)16-10-27/h5-10,13-16,30-33H,11-12,17-21H2,1-4H3/t30-,31+,32+,33-. The molecule has 0 heterocycles. The van der Waals surface area contributed by atoms with Gasteiger partial charge in [-0.3, -0.25) is 9.59 Å². The third-order valence-corrected chi connectivity index (χ3v) is 7.69. The molecule has 2 aliphatic carbocycles. The van der Waals surface area contributed by atoms with E-state index in [2.05, 4.69) is 0 Å². The van der Waals surface area contributed by atoms with Crippen molar-refractivity contribution in [1.29, 1.82) is 0 Å². The van der Waals surface area contributed by atoms with E-state index in [0.717, 1.165) is 11.1 Å². The summed E-state index contributed by atoms with van der Waals surface area (Å²) in [6.45, 7) is 2.72. The van der Waals surface area contributed by atoms with Crippen LogP contribution in [-0.4, -0.2) is 62.5 Å². The third-order valence-electron chi connectivity index (χ3n) is 7.69. The molecule has 240 valence electrons. The summed E-state index contributed by atoms with van der Waals surface area (Å²) >= 11 is 0. The molecule has 10 nitrogen and oxygen atoms in total. The first-order valence-electron chi connectivity index (χ1n) is 15.0. The first kappa shape index (κ1) is 33.3. The Morgan fingerprint density at radius 1 is 0.578 bits per heavy atom. The van der Waals surface area contributed by atoms with E-state index in [1.54, 1.807) is 62.8 Å². The molecule has 0 spiro atoms. The van der Waals surface area contributed by atoms with E-state index in [4.69, 9.17) is 28.4 Å². The van der Waals surface area contributed by atoms with Crippen molar-refractivity contribution >= 4 is 23.9 Å². The third kappa shape index (κ3) is 10.2. The number of ether oxygens (including phenoxy) is 6. The van der Waals surface area contributed by atoms with Crippen molar-refractivity contribution in [2.75, 3.05) is 14.2 Å².